The molecule has 0 aliphatic rings. The molecule has 1 aromatic heterocycles. The van der Waals surface area contributed by atoms with Gasteiger partial charge in [-0.25, -0.2) is 0 Å². The summed E-state index contributed by atoms with van der Waals surface area (Å²) >= 11 is 0. The summed E-state index contributed by atoms with van der Waals surface area (Å²) in [7, 11) is 0. The molecular formula is C12H11N. The van der Waals surface area contributed by atoms with Gasteiger partial charge in [0.15, 0.2) is 0 Å². The molecule has 64 valence electrons. The van der Waals surface area contributed by atoms with Gasteiger partial charge in [-0.15, -0.1) is 0 Å². The van der Waals surface area contributed by atoms with Crippen molar-refractivity contribution in [3.63, 3.8) is 0 Å². The van der Waals surface area contributed by atoms with Gasteiger partial charge in [-0.05, 0) is 24.6 Å². The third-order valence-corrected chi connectivity index (χ3v) is 2.09. The normalized spacial score (nSPS) is 9.92. The largest absolute Gasteiger partial charge is 0.256 e. The van der Waals surface area contributed by atoms with Gasteiger partial charge in [-0.2, -0.15) is 0 Å². The molecule has 0 aliphatic heterocycles. The Bertz CT molecular complexity index is 393. The number of aryl methyl sites for hydroxylation is 1. The predicted octanol–water partition coefficient (Wildman–Crippen LogP) is 3.06. The zero-order valence-corrected chi connectivity index (χ0v) is 7.57. The topological polar surface area (TPSA) is 12.9 Å². The second-order valence-electron chi connectivity index (χ2n) is 3.03. The molecule has 0 saturated heterocycles. The van der Waals surface area contributed by atoms with Gasteiger partial charge in [0, 0.05) is 11.8 Å². The standard InChI is InChI=1S/C12H11N/c1-10-6-2-3-7-11(10)12-8-4-5-9-13-12/h2-9H,1H3. The molecule has 1 nitrogen and oxygen atoms in total. The van der Waals surface area contributed by atoms with Gasteiger partial charge in [0.2, 0.25) is 0 Å². The summed E-state index contributed by atoms with van der Waals surface area (Å²) in [6.45, 7) is 2.10. The first-order chi connectivity index (χ1) is 6.38. The maximum Gasteiger partial charge on any atom is 0.0704 e. The average molecular weight is 169 g/mol. The highest BCUT2D eigenvalue weighted by molar-refractivity contribution is 5.62. The molecule has 0 N–H and O–H groups in total. The van der Waals surface area contributed by atoms with Crippen molar-refractivity contribution >= 4 is 0 Å². The highest BCUT2D eigenvalue weighted by Gasteiger charge is 1.99. The zero-order chi connectivity index (χ0) is 9.10. The number of benzene rings is 1. The van der Waals surface area contributed by atoms with E-state index < -0.39 is 0 Å². The molecule has 0 unspecified atom stereocenters. The van der Waals surface area contributed by atoms with Crippen LogP contribution in [-0.2, 0) is 0 Å². The average Bonchev–Trinajstić information content (AvgIpc) is 2.20. The summed E-state index contributed by atoms with van der Waals surface area (Å²) in [6.07, 6.45) is 1.82. The van der Waals surface area contributed by atoms with E-state index in [1.54, 1.807) is 0 Å². The Morgan fingerprint density at radius 2 is 1.69 bits per heavy atom. The summed E-state index contributed by atoms with van der Waals surface area (Å²) in [5.74, 6) is 0. The lowest BCUT2D eigenvalue weighted by atomic mass is 10.1. The molecule has 0 amide bonds. The smallest absolute Gasteiger partial charge is 0.0704 e. The highest BCUT2D eigenvalue weighted by atomic mass is 14.7. The van der Waals surface area contributed by atoms with Crippen LogP contribution >= 0.6 is 0 Å². The van der Waals surface area contributed by atoms with E-state index in [0.717, 1.165) is 5.69 Å². The Morgan fingerprint density at radius 3 is 2.38 bits per heavy atom. The van der Waals surface area contributed by atoms with Crippen molar-refractivity contribution in [1.82, 2.24) is 4.98 Å². The third kappa shape index (κ3) is 1.59. The number of aromatic nitrogens is 1. The van der Waals surface area contributed by atoms with Crippen LogP contribution in [0, 0.1) is 6.92 Å². The van der Waals surface area contributed by atoms with Gasteiger partial charge in [-0.1, -0.05) is 30.3 Å². The van der Waals surface area contributed by atoms with E-state index in [-0.39, 0.29) is 0 Å². The molecule has 0 bridgehead atoms. The Hall–Kier alpha value is -1.63. The van der Waals surface area contributed by atoms with E-state index in [4.69, 9.17) is 0 Å². The quantitative estimate of drug-likeness (QED) is 0.639. The Morgan fingerprint density at radius 1 is 0.923 bits per heavy atom. The van der Waals surface area contributed by atoms with E-state index in [1.807, 2.05) is 36.5 Å². The Balaban J connectivity index is 2.54. The Kier molecular flexibility index (Phi) is 2.09. The third-order valence-electron chi connectivity index (χ3n) is 2.09. The molecule has 0 saturated carbocycles. The van der Waals surface area contributed by atoms with Crippen LogP contribution in [0.1, 0.15) is 5.56 Å². The fraction of sp³-hybridized carbons (Fsp3) is 0.0833. The lowest BCUT2D eigenvalue weighted by Crippen LogP contribution is -1.84. The van der Waals surface area contributed by atoms with E-state index in [9.17, 15) is 0 Å². The molecule has 0 radical (unpaired) electrons. The highest BCUT2D eigenvalue weighted by Crippen LogP contribution is 2.19. The van der Waals surface area contributed by atoms with Gasteiger partial charge in [0.05, 0.1) is 5.69 Å². The van der Waals surface area contributed by atoms with Gasteiger partial charge < -0.3 is 0 Å². The SMILES string of the molecule is Cc1ccccc1-c1ccccn1. The molecule has 0 atom stereocenters. The number of pyridine rings is 1. The van der Waals surface area contributed by atoms with Crippen LogP contribution < -0.4 is 0 Å². The maximum absolute atomic E-state index is 4.31. The second-order valence-corrected chi connectivity index (χ2v) is 3.03. The molecule has 0 aliphatic carbocycles. The van der Waals surface area contributed by atoms with E-state index in [0.29, 0.717) is 0 Å². The van der Waals surface area contributed by atoms with Gasteiger partial charge in [-0.3, -0.25) is 4.98 Å². The van der Waals surface area contributed by atoms with Gasteiger partial charge in [0.1, 0.15) is 0 Å². The van der Waals surface area contributed by atoms with Crippen molar-refractivity contribution in [3.8, 4) is 11.3 Å². The zero-order valence-electron chi connectivity index (χ0n) is 7.57. The van der Waals surface area contributed by atoms with Crippen LogP contribution in [0.3, 0.4) is 0 Å². The molecule has 1 heterocycles. The number of hydrogen-bond acceptors (Lipinski definition) is 1. The first-order valence-electron chi connectivity index (χ1n) is 4.35. The van der Waals surface area contributed by atoms with Crippen LogP contribution in [0.25, 0.3) is 11.3 Å². The first-order valence-corrected chi connectivity index (χ1v) is 4.35. The van der Waals surface area contributed by atoms with Gasteiger partial charge in [0.25, 0.3) is 0 Å². The van der Waals surface area contributed by atoms with Crippen LogP contribution in [0.4, 0.5) is 0 Å². The van der Waals surface area contributed by atoms with Gasteiger partial charge >= 0.3 is 0 Å². The number of rotatable bonds is 1. The summed E-state index contributed by atoms with van der Waals surface area (Å²) in [6, 6.07) is 14.2. The molecule has 2 aromatic rings. The molecule has 2 rings (SSSR count). The van der Waals surface area contributed by atoms with E-state index >= 15 is 0 Å². The lowest BCUT2D eigenvalue weighted by molar-refractivity contribution is 1.31. The Labute approximate surface area is 78.1 Å². The molecule has 13 heavy (non-hydrogen) atoms. The van der Waals surface area contributed by atoms with Crippen LogP contribution in [-0.4, -0.2) is 4.98 Å². The molecule has 0 fully saturated rings. The number of nitrogens with zero attached hydrogens (tertiary/aromatic N) is 1. The van der Waals surface area contributed by atoms with Crippen molar-refractivity contribution in [1.29, 1.82) is 0 Å². The summed E-state index contributed by atoms with van der Waals surface area (Å²) in [5.41, 5.74) is 3.52. The van der Waals surface area contributed by atoms with E-state index in [1.165, 1.54) is 11.1 Å². The molecular weight excluding hydrogens is 158 g/mol. The lowest BCUT2D eigenvalue weighted by Gasteiger charge is -2.03. The second kappa shape index (κ2) is 3.40. The summed E-state index contributed by atoms with van der Waals surface area (Å²) in [5, 5.41) is 0. The molecule has 0 spiro atoms. The summed E-state index contributed by atoms with van der Waals surface area (Å²) in [4.78, 5) is 4.31. The minimum absolute atomic E-state index is 1.04. The monoisotopic (exact) mass is 169 g/mol. The van der Waals surface area contributed by atoms with Crippen molar-refractivity contribution in [2.24, 2.45) is 0 Å². The van der Waals surface area contributed by atoms with Crippen molar-refractivity contribution in [3.05, 3.63) is 54.2 Å². The minimum Gasteiger partial charge on any atom is -0.256 e. The van der Waals surface area contributed by atoms with Crippen LogP contribution in [0.15, 0.2) is 48.7 Å². The number of hydrogen-bond donors (Lipinski definition) is 0. The van der Waals surface area contributed by atoms with Crippen LogP contribution in [0.5, 0.6) is 0 Å². The van der Waals surface area contributed by atoms with Crippen molar-refractivity contribution in [2.45, 2.75) is 6.92 Å². The minimum atomic E-state index is 1.04. The van der Waals surface area contributed by atoms with E-state index in [2.05, 4.69) is 24.0 Å². The fourth-order valence-electron chi connectivity index (χ4n) is 1.38. The van der Waals surface area contributed by atoms with Crippen molar-refractivity contribution < 1.29 is 0 Å². The predicted molar refractivity (Wildman–Crippen MR) is 54.4 cm³/mol. The maximum atomic E-state index is 4.31. The first kappa shape index (κ1) is 7.99. The molecule has 1 aromatic carbocycles. The molecule has 1 heteroatoms. The summed E-state index contributed by atoms with van der Waals surface area (Å²) < 4.78 is 0. The van der Waals surface area contributed by atoms with Crippen molar-refractivity contribution in [2.75, 3.05) is 0 Å². The van der Waals surface area contributed by atoms with Crippen LogP contribution in [0.2, 0.25) is 0 Å². The fourth-order valence-corrected chi connectivity index (χ4v) is 1.38.